The Labute approximate surface area is 151 Å². The molecule has 3 rings (SSSR count). The van der Waals surface area contributed by atoms with Gasteiger partial charge in [0.25, 0.3) is 0 Å². The lowest BCUT2D eigenvalue weighted by atomic mass is 9.81. The van der Waals surface area contributed by atoms with E-state index >= 15 is 0 Å². The van der Waals surface area contributed by atoms with E-state index < -0.39 is 17.4 Å². The number of halogens is 1. The van der Waals surface area contributed by atoms with Crippen molar-refractivity contribution in [2.24, 2.45) is 0 Å². The van der Waals surface area contributed by atoms with Crippen LogP contribution in [0.2, 0.25) is 0 Å². The molecule has 26 heavy (non-hydrogen) atoms. The Bertz CT molecular complexity index is 755. The molecule has 6 nitrogen and oxygen atoms in total. The van der Waals surface area contributed by atoms with E-state index in [1.165, 1.54) is 18.2 Å². The van der Waals surface area contributed by atoms with E-state index in [-0.39, 0.29) is 12.5 Å². The predicted octanol–water partition coefficient (Wildman–Crippen LogP) is 3.56. The zero-order valence-corrected chi connectivity index (χ0v) is 14.4. The Balaban J connectivity index is 1.66. The van der Waals surface area contributed by atoms with Gasteiger partial charge in [0.2, 0.25) is 5.91 Å². The van der Waals surface area contributed by atoms with Crippen molar-refractivity contribution >= 4 is 17.6 Å². The van der Waals surface area contributed by atoms with Crippen LogP contribution in [0.1, 0.15) is 37.9 Å². The van der Waals surface area contributed by atoms with Crippen molar-refractivity contribution in [3.05, 3.63) is 54.2 Å². The number of rotatable bonds is 5. The Kier molecular flexibility index (Phi) is 5.55. The monoisotopic (exact) mass is 359 g/mol. The third kappa shape index (κ3) is 4.41. The average Bonchev–Trinajstić information content (AvgIpc) is 3.14. The predicted molar refractivity (Wildman–Crippen MR) is 94.9 cm³/mol. The molecular formula is C19H22FN3O3. The lowest BCUT2D eigenvalue weighted by molar-refractivity contribution is -0.128. The van der Waals surface area contributed by atoms with Gasteiger partial charge in [-0.2, -0.15) is 0 Å². The first-order valence-corrected chi connectivity index (χ1v) is 8.73. The molecule has 3 N–H and O–H groups in total. The first kappa shape index (κ1) is 18.0. The number of furan rings is 1. The van der Waals surface area contributed by atoms with Gasteiger partial charge in [-0.3, -0.25) is 4.79 Å². The molecule has 0 spiro atoms. The van der Waals surface area contributed by atoms with Crippen LogP contribution in [0.3, 0.4) is 0 Å². The summed E-state index contributed by atoms with van der Waals surface area (Å²) >= 11 is 0. The van der Waals surface area contributed by atoms with Crippen LogP contribution in [0.5, 0.6) is 0 Å². The first-order valence-electron chi connectivity index (χ1n) is 8.73. The fourth-order valence-electron chi connectivity index (χ4n) is 3.26. The van der Waals surface area contributed by atoms with Gasteiger partial charge >= 0.3 is 6.03 Å². The lowest BCUT2D eigenvalue weighted by Gasteiger charge is -2.36. The third-order valence-corrected chi connectivity index (χ3v) is 4.58. The van der Waals surface area contributed by atoms with E-state index in [9.17, 15) is 14.0 Å². The van der Waals surface area contributed by atoms with Gasteiger partial charge in [0.15, 0.2) is 0 Å². The Morgan fingerprint density at radius 1 is 1.12 bits per heavy atom. The molecule has 0 atom stereocenters. The molecule has 1 aromatic carbocycles. The summed E-state index contributed by atoms with van der Waals surface area (Å²) in [6.45, 7) is 0.265. The molecule has 138 valence electrons. The Morgan fingerprint density at radius 3 is 2.62 bits per heavy atom. The number of carbonyl (C=O) groups excluding carboxylic acids is 2. The molecule has 1 fully saturated rings. The van der Waals surface area contributed by atoms with Crippen LogP contribution in [0.25, 0.3) is 0 Å². The fraction of sp³-hybridized carbons (Fsp3) is 0.368. The molecule has 7 heteroatoms. The molecule has 3 amide bonds. The van der Waals surface area contributed by atoms with Gasteiger partial charge < -0.3 is 20.4 Å². The summed E-state index contributed by atoms with van der Waals surface area (Å²) in [5, 5.41) is 8.24. The molecule has 1 aliphatic rings. The maximum absolute atomic E-state index is 13.3. The second kappa shape index (κ2) is 8.03. The quantitative estimate of drug-likeness (QED) is 0.763. The number of amides is 3. The van der Waals surface area contributed by atoms with Crippen molar-refractivity contribution in [1.82, 2.24) is 10.6 Å². The maximum atomic E-state index is 13.3. The zero-order valence-electron chi connectivity index (χ0n) is 14.4. The molecular weight excluding hydrogens is 337 g/mol. The smallest absolute Gasteiger partial charge is 0.320 e. The number of benzene rings is 1. The van der Waals surface area contributed by atoms with E-state index in [1.807, 2.05) is 0 Å². The summed E-state index contributed by atoms with van der Waals surface area (Å²) in [5.74, 6) is -0.0251. The summed E-state index contributed by atoms with van der Waals surface area (Å²) < 4.78 is 18.5. The van der Waals surface area contributed by atoms with Gasteiger partial charge in [-0.1, -0.05) is 25.3 Å². The minimum atomic E-state index is -0.970. The zero-order chi connectivity index (χ0) is 18.4. The largest absolute Gasteiger partial charge is 0.467 e. The van der Waals surface area contributed by atoms with Crippen LogP contribution in [-0.2, 0) is 11.3 Å². The lowest BCUT2D eigenvalue weighted by Crippen LogP contribution is -2.60. The number of hydrogen-bond donors (Lipinski definition) is 3. The SMILES string of the molecule is O=C(Nc1cccc(F)c1)NC1(C(=O)NCc2ccco2)CCCCC1. The van der Waals surface area contributed by atoms with E-state index in [0.29, 0.717) is 24.3 Å². The molecule has 1 heterocycles. The summed E-state index contributed by atoms with van der Waals surface area (Å²) in [6, 6.07) is 8.63. The first-order chi connectivity index (χ1) is 12.6. The number of hydrogen-bond acceptors (Lipinski definition) is 3. The molecule has 0 bridgehead atoms. The summed E-state index contributed by atoms with van der Waals surface area (Å²) in [7, 11) is 0. The van der Waals surface area contributed by atoms with Crippen molar-refractivity contribution in [3.8, 4) is 0 Å². The normalized spacial score (nSPS) is 15.9. The molecule has 2 aromatic rings. The minimum Gasteiger partial charge on any atom is -0.467 e. The van der Waals surface area contributed by atoms with Crippen molar-refractivity contribution in [3.63, 3.8) is 0 Å². The molecule has 0 radical (unpaired) electrons. The van der Waals surface area contributed by atoms with Crippen LogP contribution in [0, 0.1) is 5.82 Å². The van der Waals surface area contributed by atoms with E-state index in [0.717, 1.165) is 19.3 Å². The van der Waals surface area contributed by atoms with Crippen LogP contribution >= 0.6 is 0 Å². The highest BCUT2D eigenvalue weighted by Crippen LogP contribution is 2.29. The molecule has 0 saturated heterocycles. The second-order valence-corrected chi connectivity index (χ2v) is 6.49. The van der Waals surface area contributed by atoms with Crippen molar-refractivity contribution in [1.29, 1.82) is 0 Å². The van der Waals surface area contributed by atoms with Gasteiger partial charge in [0.05, 0.1) is 12.8 Å². The summed E-state index contributed by atoms with van der Waals surface area (Å²) in [6.07, 6.45) is 5.41. The van der Waals surface area contributed by atoms with Gasteiger partial charge in [0, 0.05) is 5.69 Å². The highest BCUT2D eigenvalue weighted by molar-refractivity contribution is 5.96. The van der Waals surface area contributed by atoms with Gasteiger partial charge in [0.1, 0.15) is 17.1 Å². The minimum absolute atomic E-state index is 0.233. The van der Waals surface area contributed by atoms with E-state index in [4.69, 9.17) is 4.42 Å². The highest BCUT2D eigenvalue weighted by Gasteiger charge is 2.40. The molecule has 0 aliphatic heterocycles. The highest BCUT2D eigenvalue weighted by atomic mass is 19.1. The molecule has 1 aromatic heterocycles. The maximum Gasteiger partial charge on any atom is 0.320 e. The van der Waals surface area contributed by atoms with Gasteiger partial charge in [-0.15, -0.1) is 0 Å². The summed E-state index contributed by atoms with van der Waals surface area (Å²) in [4.78, 5) is 25.2. The van der Waals surface area contributed by atoms with Gasteiger partial charge in [-0.05, 0) is 43.2 Å². The van der Waals surface area contributed by atoms with Crippen LogP contribution in [0.15, 0.2) is 47.1 Å². The van der Waals surface area contributed by atoms with E-state index in [2.05, 4.69) is 16.0 Å². The number of urea groups is 1. The van der Waals surface area contributed by atoms with Crippen molar-refractivity contribution in [2.75, 3.05) is 5.32 Å². The van der Waals surface area contributed by atoms with Crippen LogP contribution in [-0.4, -0.2) is 17.5 Å². The Morgan fingerprint density at radius 2 is 1.92 bits per heavy atom. The standard InChI is InChI=1S/C19H22FN3O3/c20-14-6-4-7-15(12-14)22-18(25)23-19(9-2-1-3-10-19)17(24)21-13-16-8-5-11-26-16/h4-8,11-12H,1-3,9-10,13H2,(H,21,24)(H2,22,23,25). The van der Waals surface area contributed by atoms with Crippen LogP contribution in [0.4, 0.5) is 14.9 Å². The summed E-state index contributed by atoms with van der Waals surface area (Å²) in [5.41, 5.74) is -0.633. The number of anilines is 1. The van der Waals surface area contributed by atoms with Crippen LogP contribution < -0.4 is 16.0 Å². The molecule has 1 aliphatic carbocycles. The Hall–Kier alpha value is -2.83. The topological polar surface area (TPSA) is 83.4 Å². The average molecular weight is 359 g/mol. The van der Waals surface area contributed by atoms with E-state index in [1.54, 1.807) is 24.5 Å². The molecule has 0 unspecified atom stereocenters. The second-order valence-electron chi connectivity index (χ2n) is 6.49. The molecule has 1 saturated carbocycles. The van der Waals surface area contributed by atoms with Gasteiger partial charge in [-0.25, -0.2) is 9.18 Å². The van der Waals surface area contributed by atoms with Crippen molar-refractivity contribution < 1.29 is 18.4 Å². The van der Waals surface area contributed by atoms with Crippen molar-refractivity contribution in [2.45, 2.75) is 44.2 Å². The number of carbonyl (C=O) groups is 2. The third-order valence-electron chi connectivity index (χ3n) is 4.58. The fourth-order valence-corrected chi connectivity index (χ4v) is 3.26. The number of nitrogens with one attached hydrogen (secondary N) is 3.